The van der Waals surface area contributed by atoms with Gasteiger partial charge in [-0.25, -0.2) is 0 Å². The zero-order valence-electron chi connectivity index (χ0n) is 12.9. The van der Waals surface area contributed by atoms with Crippen LogP contribution in [-0.4, -0.2) is 30.4 Å². The summed E-state index contributed by atoms with van der Waals surface area (Å²) < 4.78 is 1.06. The van der Waals surface area contributed by atoms with Crippen molar-refractivity contribution in [3.05, 3.63) is 45.7 Å². The smallest absolute Gasteiger partial charge is 0.263 e. The van der Waals surface area contributed by atoms with Gasteiger partial charge < -0.3 is 10.6 Å². The van der Waals surface area contributed by atoms with Crippen molar-refractivity contribution in [2.24, 2.45) is 11.1 Å². The molecule has 1 amide bonds. The van der Waals surface area contributed by atoms with E-state index in [9.17, 15) is 4.79 Å². The van der Waals surface area contributed by atoms with Gasteiger partial charge in [0.2, 0.25) is 0 Å². The van der Waals surface area contributed by atoms with Gasteiger partial charge in [-0.05, 0) is 48.2 Å². The molecule has 0 radical (unpaired) electrons. The van der Waals surface area contributed by atoms with Crippen molar-refractivity contribution in [3.8, 4) is 10.4 Å². The molecule has 1 aliphatic rings. The first-order chi connectivity index (χ1) is 10.5. The number of carbonyl (C=O) groups excluding carboxylic acids is 1. The largest absolute Gasteiger partial charge is 0.337 e. The summed E-state index contributed by atoms with van der Waals surface area (Å²) in [6.07, 6.45) is 0.986. The third kappa shape index (κ3) is 3.97. The first-order valence-corrected chi connectivity index (χ1v) is 8.97. The summed E-state index contributed by atoms with van der Waals surface area (Å²) in [5.41, 5.74) is 7.03. The van der Waals surface area contributed by atoms with Gasteiger partial charge in [0, 0.05) is 22.4 Å². The van der Waals surface area contributed by atoms with E-state index in [-0.39, 0.29) is 23.7 Å². The first-order valence-electron chi connectivity index (χ1n) is 7.36. The van der Waals surface area contributed by atoms with Crippen molar-refractivity contribution < 1.29 is 4.79 Å². The highest BCUT2D eigenvalue weighted by Gasteiger charge is 2.35. The summed E-state index contributed by atoms with van der Waals surface area (Å²) in [7, 11) is 0. The molecule has 2 heterocycles. The Balaban J connectivity index is 0.00000192. The zero-order chi connectivity index (χ0) is 15.7. The SMILES string of the molecule is CC1(CN)CCN(C(=O)c2ccc(-c3ccc(Br)cc3)s2)C1.Cl. The van der Waals surface area contributed by atoms with E-state index in [0.29, 0.717) is 6.54 Å². The fraction of sp³-hybridized carbons (Fsp3) is 0.353. The molecule has 2 N–H and O–H groups in total. The van der Waals surface area contributed by atoms with Crippen LogP contribution in [0.15, 0.2) is 40.9 Å². The van der Waals surface area contributed by atoms with Gasteiger partial charge in [-0.2, -0.15) is 0 Å². The minimum absolute atomic E-state index is 0. The maximum Gasteiger partial charge on any atom is 0.263 e. The minimum atomic E-state index is 0. The van der Waals surface area contributed by atoms with Crippen molar-refractivity contribution in [2.45, 2.75) is 13.3 Å². The number of thiophene rings is 1. The van der Waals surface area contributed by atoms with Crippen LogP contribution in [0.2, 0.25) is 0 Å². The molecule has 1 fully saturated rings. The summed E-state index contributed by atoms with van der Waals surface area (Å²) in [6, 6.07) is 12.1. The molecule has 1 aliphatic heterocycles. The van der Waals surface area contributed by atoms with E-state index in [1.54, 1.807) is 11.3 Å². The number of hydrogen-bond acceptors (Lipinski definition) is 3. The molecule has 1 saturated heterocycles. The highest BCUT2D eigenvalue weighted by Crippen LogP contribution is 2.33. The highest BCUT2D eigenvalue weighted by atomic mass is 79.9. The van der Waals surface area contributed by atoms with Crippen LogP contribution in [0.3, 0.4) is 0 Å². The Kier molecular flexibility index (Phi) is 5.89. The molecule has 23 heavy (non-hydrogen) atoms. The van der Waals surface area contributed by atoms with Crippen molar-refractivity contribution in [1.82, 2.24) is 4.90 Å². The topological polar surface area (TPSA) is 46.3 Å². The van der Waals surface area contributed by atoms with Crippen LogP contribution in [0.4, 0.5) is 0 Å². The number of nitrogens with two attached hydrogens (primary N) is 1. The normalized spacial score (nSPS) is 20.4. The van der Waals surface area contributed by atoms with Gasteiger partial charge in [0.1, 0.15) is 0 Å². The summed E-state index contributed by atoms with van der Waals surface area (Å²) in [5.74, 6) is 0.130. The van der Waals surface area contributed by atoms with Crippen LogP contribution >= 0.6 is 39.7 Å². The van der Waals surface area contributed by atoms with Crippen molar-refractivity contribution in [1.29, 1.82) is 0 Å². The second-order valence-corrected chi connectivity index (χ2v) is 8.16. The van der Waals surface area contributed by atoms with Crippen LogP contribution < -0.4 is 5.73 Å². The van der Waals surface area contributed by atoms with Gasteiger partial charge in [-0.3, -0.25) is 4.79 Å². The lowest BCUT2D eigenvalue weighted by atomic mass is 9.90. The van der Waals surface area contributed by atoms with Crippen molar-refractivity contribution >= 4 is 45.6 Å². The van der Waals surface area contributed by atoms with E-state index in [1.165, 1.54) is 0 Å². The van der Waals surface area contributed by atoms with Crippen LogP contribution in [0.5, 0.6) is 0 Å². The average molecular weight is 416 g/mol. The molecule has 1 unspecified atom stereocenters. The lowest BCUT2D eigenvalue weighted by Gasteiger charge is -2.22. The summed E-state index contributed by atoms with van der Waals surface area (Å²) >= 11 is 5.00. The molecule has 6 heteroatoms. The molecule has 0 saturated carbocycles. The van der Waals surface area contributed by atoms with Crippen LogP contribution in [0, 0.1) is 5.41 Å². The third-order valence-electron chi connectivity index (χ3n) is 4.28. The molecular weight excluding hydrogens is 396 g/mol. The number of likely N-dealkylation sites (tertiary alicyclic amines) is 1. The lowest BCUT2D eigenvalue weighted by Crippen LogP contribution is -2.34. The molecule has 1 aromatic heterocycles. The number of carbonyl (C=O) groups is 1. The summed E-state index contributed by atoms with van der Waals surface area (Å²) in [5, 5.41) is 0. The Bertz CT molecular complexity index is 688. The maximum absolute atomic E-state index is 12.6. The summed E-state index contributed by atoms with van der Waals surface area (Å²) in [6.45, 7) is 4.35. The number of rotatable bonds is 3. The Hall–Kier alpha value is -0.880. The highest BCUT2D eigenvalue weighted by molar-refractivity contribution is 9.10. The molecule has 0 spiro atoms. The van der Waals surface area contributed by atoms with Gasteiger partial charge >= 0.3 is 0 Å². The fourth-order valence-electron chi connectivity index (χ4n) is 2.74. The van der Waals surface area contributed by atoms with Crippen molar-refractivity contribution in [2.75, 3.05) is 19.6 Å². The summed E-state index contributed by atoms with van der Waals surface area (Å²) in [4.78, 5) is 16.5. The van der Waals surface area contributed by atoms with E-state index in [1.807, 2.05) is 29.2 Å². The van der Waals surface area contributed by atoms with Gasteiger partial charge in [0.15, 0.2) is 0 Å². The molecule has 1 aromatic carbocycles. The fourth-order valence-corrected chi connectivity index (χ4v) is 3.99. The molecule has 3 rings (SSSR count). The Morgan fingerprint density at radius 2 is 2.00 bits per heavy atom. The van der Waals surface area contributed by atoms with Crippen molar-refractivity contribution in [3.63, 3.8) is 0 Å². The molecule has 124 valence electrons. The van der Waals surface area contributed by atoms with Gasteiger partial charge in [0.05, 0.1) is 4.88 Å². The number of benzene rings is 1. The molecule has 1 atom stereocenters. The number of hydrogen-bond donors (Lipinski definition) is 1. The predicted octanol–water partition coefficient (Wildman–Crippen LogP) is 4.41. The van der Waals surface area contributed by atoms with E-state index in [0.717, 1.165) is 39.3 Å². The monoisotopic (exact) mass is 414 g/mol. The Morgan fingerprint density at radius 3 is 2.61 bits per heavy atom. The Labute approximate surface area is 155 Å². The standard InChI is InChI=1S/C17H19BrN2OS.ClH/c1-17(10-19)8-9-20(11-17)16(21)15-7-6-14(22-15)12-2-4-13(18)5-3-12;/h2-7H,8-11,19H2,1H3;1H. The van der Waals surface area contributed by atoms with Crippen LogP contribution in [0.1, 0.15) is 23.0 Å². The molecule has 2 aromatic rings. The van der Waals surface area contributed by atoms with E-state index < -0.39 is 0 Å². The predicted molar refractivity (Wildman–Crippen MR) is 102 cm³/mol. The van der Waals surface area contributed by atoms with Crippen LogP contribution in [0.25, 0.3) is 10.4 Å². The maximum atomic E-state index is 12.6. The quantitative estimate of drug-likeness (QED) is 0.807. The number of nitrogens with zero attached hydrogens (tertiary/aromatic N) is 1. The molecule has 0 bridgehead atoms. The molecular formula is C17H20BrClN2OS. The van der Waals surface area contributed by atoms with Gasteiger partial charge in [0.25, 0.3) is 5.91 Å². The average Bonchev–Trinajstić information content (AvgIpc) is 3.15. The third-order valence-corrected chi connectivity index (χ3v) is 5.93. The second-order valence-electron chi connectivity index (χ2n) is 6.16. The molecule has 3 nitrogen and oxygen atoms in total. The van der Waals surface area contributed by atoms with Gasteiger partial charge in [-0.1, -0.05) is 35.0 Å². The van der Waals surface area contributed by atoms with E-state index in [2.05, 4.69) is 35.0 Å². The van der Waals surface area contributed by atoms with E-state index in [4.69, 9.17) is 5.73 Å². The molecule has 0 aliphatic carbocycles. The van der Waals surface area contributed by atoms with Gasteiger partial charge in [-0.15, -0.1) is 23.7 Å². The zero-order valence-corrected chi connectivity index (χ0v) is 16.1. The second kappa shape index (κ2) is 7.34. The lowest BCUT2D eigenvalue weighted by molar-refractivity contribution is 0.0781. The Morgan fingerprint density at radius 1 is 1.30 bits per heavy atom. The number of halogens is 2. The minimum Gasteiger partial charge on any atom is -0.337 e. The number of amides is 1. The first kappa shape index (κ1) is 18.5. The van der Waals surface area contributed by atoms with E-state index >= 15 is 0 Å². The van der Waals surface area contributed by atoms with Crippen LogP contribution in [-0.2, 0) is 0 Å².